The monoisotopic (exact) mass is 435 g/mol. The van der Waals surface area contributed by atoms with Crippen molar-refractivity contribution in [2.24, 2.45) is 0 Å². The smallest absolute Gasteiger partial charge is 0.340 e. The first-order valence-electron chi connectivity index (χ1n) is 8.94. The normalized spacial score (nSPS) is 11.1. The number of aromatic nitrogens is 3. The first-order valence-corrected chi connectivity index (χ1v) is 9.73. The number of ether oxygens (including phenoxy) is 2. The van der Waals surface area contributed by atoms with E-state index in [0.29, 0.717) is 23.8 Å². The Morgan fingerprint density at radius 2 is 2.15 bits per heavy atom. The van der Waals surface area contributed by atoms with E-state index in [4.69, 9.17) is 13.9 Å². The van der Waals surface area contributed by atoms with Gasteiger partial charge in [-0.05, 0) is 48.3 Å². The molecule has 144 valence electrons. The van der Waals surface area contributed by atoms with Gasteiger partial charge in [0.25, 0.3) is 5.89 Å². The highest BCUT2D eigenvalue weighted by Gasteiger charge is 2.22. The van der Waals surface area contributed by atoms with Crippen LogP contribution in [-0.4, -0.2) is 27.3 Å². The molecule has 0 saturated heterocycles. The fourth-order valence-electron chi connectivity index (χ4n) is 3.05. The SMILES string of the molecule is CCCCn1c(C)c(C(=O)OCC)c2cc(OCc3nnco3)c(Br)cc21. The van der Waals surface area contributed by atoms with Crippen molar-refractivity contribution in [3.05, 3.63) is 40.1 Å². The van der Waals surface area contributed by atoms with Crippen LogP contribution in [0.3, 0.4) is 0 Å². The van der Waals surface area contributed by atoms with E-state index in [1.54, 1.807) is 6.92 Å². The molecule has 0 saturated carbocycles. The number of carbonyl (C=O) groups is 1. The van der Waals surface area contributed by atoms with Gasteiger partial charge in [0.15, 0.2) is 6.61 Å². The van der Waals surface area contributed by atoms with Gasteiger partial charge in [-0.15, -0.1) is 10.2 Å². The van der Waals surface area contributed by atoms with E-state index >= 15 is 0 Å². The zero-order chi connectivity index (χ0) is 19.4. The molecular weight excluding hydrogens is 414 g/mol. The number of hydrogen-bond donors (Lipinski definition) is 0. The highest BCUT2D eigenvalue weighted by molar-refractivity contribution is 9.10. The van der Waals surface area contributed by atoms with Crippen LogP contribution in [0.25, 0.3) is 10.9 Å². The molecule has 0 atom stereocenters. The second kappa shape index (κ2) is 8.56. The first-order chi connectivity index (χ1) is 13.1. The van der Waals surface area contributed by atoms with Crippen LogP contribution < -0.4 is 4.74 Å². The Kier molecular flexibility index (Phi) is 6.15. The number of hydrogen-bond acceptors (Lipinski definition) is 6. The van der Waals surface area contributed by atoms with Crippen LogP contribution in [0, 0.1) is 6.92 Å². The average Bonchev–Trinajstić information content (AvgIpc) is 3.24. The maximum Gasteiger partial charge on any atom is 0.340 e. The van der Waals surface area contributed by atoms with E-state index < -0.39 is 0 Å². The van der Waals surface area contributed by atoms with E-state index in [1.165, 1.54) is 6.39 Å². The Labute approximate surface area is 165 Å². The van der Waals surface area contributed by atoms with E-state index in [0.717, 1.165) is 40.5 Å². The van der Waals surface area contributed by atoms with Crippen molar-refractivity contribution in [2.75, 3.05) is 6.61 Å². The molecule has 0 N–H and O–H groups in total. The molecule has 2 aromatic heterocycles. The first kappa shape index (κ1) is 19.4. The van der Waals surface area contributed by atoms with E-state index in [-0.39, 0.29) is 12.6 Å². The second-order valence-corrected chi connectivity index (χ2v) is 6.96. The van der Waals surface area contributed by atoms with E-state index in [1.807, 2.05) is 19.1 Å². The number of carbonyl (C=O) groups excluding carboxylic acids is 1. The maximum absolute atomic E-state index is 12.6. The highest BCUT2D eigenvalue weighted by atomic mass is 79.9. The molecule has 3 rings (SSSR count). The summed E-state index contributed by atoms with van der Waals surface area (Å²) in [6.45, 7) is 7.22. The standard InChI is InChI=1S/C19H22BrN3O4/c1-4-6-7-23-12(3)18(19(24)25-5-2)13-8-16(14(20)9-15(13)23)26-10-17-22-21-11-27-17/h8-9,11H,4-7,10H2,1-3H3. The van der Waals surface area contributed by atoms with Gasteiger partial charge in [0.05, 0.1) is 22.2 Å². The molecule has 0 amide bonds. The van der Waals surface area contributed by atoms with Gasteiger partial charge in [-0.3, -0.25) is 0 Å². The van der Waals surface area contributed by atoms with Crippen molar-refractivity contribution >= 4 is 32.8 Å². The zero-order valence-electron chi connectivity index (χ0n) is 15.6. The molecule has 3 aromatic rings. The fraction of sp³-hybridized carbons (Fsp3) is 0.421. The molecule has 0 spiro atoms. The highest BCUT2D eigenvalue weighted by Crippen LogP contribution is 2.36. The van der Waals surface area contributed by atoms with Gasteiger partial charge >= 0.3 is 5.97 Å². The van der Waals surface area contributed by atoms with Gasteiger partial charge in [0.1, 0.15) is 5.75 Å². The molecule has 0 unspecified atom stereocenters. The molecule has 0 aliphatic carbocycles. The Hall–Kier alpha value is -2.35. The number of unbranched alkanes of at least 4 members (excludes halogenated alkanes) is 1. The fourth-order valence-corrected chi connectivity index (χ4v) is 3.50. The van der Waals surface area contributed by atoms with Crippen LogP contribution in [0.1, 0.15) is 48.6 Å². The van der Waals surface area contributed by atoms with Gasteiger partial charge in [-0.2, -0.15) is 0 Å². The molecule has 0 radical (unpaired) electrons. The number of esters is 1. The van der Waals surface area contributed by atoms with Crippen molar-refractivity contribution < 1.29 is 18.7 Å². The number of aryl methyl sites for hydroxylation is 1. The number of benzene rings is 1. The zero-order valence-corrected chi connectivity index (χ0v) is 17.2. The minimum Gasteiger partial charge on any atom is -0.483 e. The van der Waals surface area contributed by atoms with Crippen LogP contribution in [0.15, 0.2) is 27.4 Å². The van der Waals surface area contributed by atoms with Crippen molar-refractivity contribution in [1.29, 1.82) is 0 Å². The third kappa shape index (κ3) is 4.00. The summed E-state index contributed by atoms with van der Waals surface area (Å²) in [5.41, 5.74) is 2.46. The molecule has 7 nitrogen and oxygen atoms in total. The summed E-state index contributed by atoms with van der Waals surface area (Å²) in [6, 6.07) is 3.83. The van der Waals surface area contributed by atoms with Crippen molar-refractivity contribution in [3.63, 3.8) is 0 Å². The summed E-state index contributed by atoms with van der Waals surface area (Å²) in [4.78, 5) is 12.6. The van der Waals surface area contributed by atoms with E-state index in [2.05, 4.69) is 37.6 Å². The van der Waals surface area contributed by atoms with Gasteiger partial charge in [0.2, 0.25) is 6.39 Å². The summed E-state index contributed by atoms with van der Waals surface area (Å²) >= 11 is 3.56. The third-order valence-corrected chi connectivity index (χ3v) is 4.97. The number of nitrogens with zero attached hydrogens (tertiary/aromatic N) is 3. The molecular formula is C19H22BrN3O4. The Morgan fingerprint density at radius 1 is 1.33 bits per heavy atom. The van der Waals surface area contributed by atoms with Crippen molar-refractivity contribution in [1.82, 2.24) is 14.8 Å². The molecule has 0 aliphatic heterocycles. The largest absolute Gasteiger partial charge is 0.483 e. The molecule has 2 heterocycles. The maximum atomic E-state index is 12.6. The molecule has 8 heteroatoms. The molecule has 0 aliphatic rings. The van der Waals surface area contributed by atoms with Crippen LogP contribution in [0.2, 0.25) is 0 Å². The van der Waals surface area contributed by atoms with Gasteiger partial charge in [0, 0.05) is 17.6 Å². The summed E-state index contributed by atoms with van der Waals surface area (Å²) in [7, 11) is 0. The Morgan fingerprint density at radius 3 is 2.81 bits per heavy atom. The average molecular weight is 436 g/mol. The summed E-state index contributed by atoms with van der Waals surface area (Å²) < 4.78 is 19.2. The van der Waals surface area contributed by atoms with Crippen LogP contribution >= 0.6 is 15.9 Å². The lowest BCUT2D eigenvalue weighted by Crippen LogP contribution is -2.07. The predicted octanol–water partition coefficient (Wildman–Crippen LogP) is 4.65. The van der Waals surface area contributed by atoms with Crippen molar-refractivity contribution in [3.8, 4) is 5.75 Å². The quantitative estimate of drug-likeness (QED) is 0.479. The van der Waals surface area contributed by atoms with Gasteiger partial charge in [-0.1, -0.05) is 13.3 Å². The number of rotatable bonds is 8. The van der Waals surface area contributed by atoms with E-state index in [9.17, 15) is 4.79 Å². The second-order valence-electron chi connectivity index (χ2n) is 6.11. The lowest BCUT2D eigenvalue weighted by molar-refractivity contribution is 0.0527. The Balaban J connectivity index is 2.06. The lowest BCUT2D eigenvalue weighted by Gasteiger charge is -2.09. The topological polar surface area (TPSA) is 79.4 Å². The summed E-state index contributed by atoms with van der Waals surface area (Å²) in [5, 5.41) is 8.26. The Bertz CT molecular complexity index is 934. The molecule has 0 bridgehead atoms. The van der Waals surface area contributed by atoms with Crippen LogP contribution in [-0.2, 0) is 17.9 Å². The summed E-state index contributed by atoms with van der Waals surface area (Å²) in [6.07, 6.45) is 3.35. The summed E-state index contributed by atoms with van der Waals surface area (Å²) in [5.74, 6) is 0.656. The van der Waals surface area contributed by atoms with Crippen molar-refractivity contribution in [2.45, 2.75) is 46.8 Å². The molecule has 27 heavy (non-hydrogen) atoms. The number of fused-ring (bicyclic) bond motifs is 1. The molecule has 1 aromatic carbocycles. The minimum atomic E-state index is -0.319. The third-order valence-electron chi connectivity index (χ3n) is 4.35. The number of halogens is 1. The van der Waals surface area contributed by atoms with Gasteiger partial charge in [-0.25, -0.2) is 4.79 Å². The van der Waals surface area contributed by atoms with Crippen LogP contribution in [0.4, 0.5) is 0 Å². The van der Waals surface area contributed by atoms with Gasteiger partial charge < -0.3 is 18.5 Å². The molecule has 0 fully saturated rings. The minimum absolute atomic E-state index is 0.147. The van der Waals surface area contributed by atoms with Crippen LogP contribution in [0.5, 0.6) is 5.75 Å². The lowest BCUT2D eigenvalue weighted by atomic mass is 10.1. The predicted molar refractivity (Wildman–Crippen MR) is 104 cm³/mol.